The first-order valence-corrected chi connectivity index (χ1v) is 4.53. The van der Waals surface area contributed by atoms with Crippen LogP contribution < -0.4 is 10.6 Å². The normalized spacial score (nSPS) is 17.4. The second-order valence-electron chi connectivity index (χ2n) is 3.04. The van der Waals surface area contributed by atoms with Gasteiger partial charge in [-0.2, -0.15) is 0 Å². The summed E-state index contributed by atoms with van der Waals surface area (Å²) in [4.78, 5) is 23.6. The van der Waals surface area contributed by atoms with Gasteiger partial charge in [0.2, 0.25) is 5.91 Å². The molecule has 1 fully saturated rings. The van der Waals surface area contributed by atoms with E-state index in [0.29, 0.717) is 26.2 Å². The maximum absolute atomic E-state index is 11.0. The molecule has 1 saturated heterocycles. The first kappa shape index (κ1) is 10.8. The summed E-state index contributed by atoms with van der Waals surface area (Å²) in [5.41, 5.74) is 0. The molecule has 0 unspecified atom stereocenters. The second-order valence-corrected chi connectivity index (χ2v) is 3.04. The molecule has 80 valence electrons. The van der Waals surface area contributed by atoms with Crippen molar-refractivity contribution in [1.82, 2.24) is 15.5 Å². The number of nitrogens with zero attached hydrogens (tertiary/aromatic N) is 1. The van der Waals surface area contributed by atoms with E-state index in [2.05, 4.69) is 15.4 Å². The fourth-order valence-electron chi connectivity index (χ4n) is 1.27. The van der Waals surface area contributed by atoms with Gasteiger partial charge in [-0.1, -0.05) is 0 Å². The predicted octanol–water partition coefficient (Wildman–Crippen LogP) is -1.23. The Bertz CT molecular complexity index is 220. The number of nitrogens with one attached hydrogen (secondary N) is 2. The molecule has 0 aliphatic carbocycles. The van der Waals surface area contributed by atoms with Gasteiger partial charge >= 0.3 is 6.09 Å². The molecule has 0 aromatic heterocycles. The summed E-state index contributed by atoms with van der Waals surface area (Å²) in [5, 5.41) is 5.29. The Morgan fingerprint density at radius 1 is 1.71 bits per heavy atom. The number of hydrogen-bond acceptors (Lipinski definition) is 4. The van der Waals surface area contributed by atoms with Gasteiger partial charge in [-0.3, -0.25) is 9.69 Å². The lowest BCUT2D eigenvalue weighted by atomic mass is 10.3. The van der Waals surface area contributed by atoms with Gasteiger partial charge < -0.3 is 15.4 Å². The number of alkyl carbamates (subject to hydrolysis) is 1. The van der Waals surface area contributed by atoms with E-state index in [4.69, 9.17) is 0 Å². The van der Waals surface area contributed by atoms with Crippen molar-refractivity contribution in [2.24, 2.45) is 0 Å². The number of carbonyl (C=O) groups is 2. The van der Waals surface area contributed by atoms with Gasteiger partial charge in [0.15, 0.2) is 0 Å². The van der Waals surface area contributed by atoms with Crippen molar-refractivity contribution < 1.29 is 14.3 Å². The molecule has 2 amide bonds. The summed E-state index contributed by atoms with van der Waals surface area (Å²) < 4.78 is 4.41. The van der Waals surface area contributed by atoms with Crippen molar-refractivity contribution in [3.63, 3.8) is 0 Å². The third-order valence-corrected chi connectivity index (χ3v) is 2.00. The maximum atomic E-state index is 11.0. The van der Waals surface area contributed by atoms with Crippen LogP contribution in [0.3, 0.4) is 0 Å². The van der Waals surface area contributed by atoms with Crippen molar-refractivity contribution in [1.29, 1.82) is 0 Å². The van der Waals surface area contributed by atoms with Crippen molar-refractivity contribution in [2.45, 2.75) is 0 Å². The lowest BCUT2D eigenvalue weighted by Crippen LogP contribution is -2.49. The summed E-state index contributed by atoms with van der Waals surface area (Å²) in [6, 6.07) is 0. The van der Waals surface area contributed by atoms with E-state index in [9.17, 15) is 9.59 Å². The van der Waals surface area contributed by atoms with Gasteiger partial charge in [-0.25, -0.2) is 4.79 Å². The average Bonchev–Trinajstić information content (AvgIpc) is 2.17. The highest BCUT2D eigenvalue weighted by Crippen LogP contribution is 1.91. The van der Waals surface area contributed by atoms with Crippen LogP contribution in [0.25, 0.3) is 0 Å². The third kappa shape index (κ3) is 3.61. The van der Waals surface area contributed by atoms with Crippen LogP contribution >= 0.6 is 0 Å². The second kappa shape index (κ2) is 5.43. The van der Waals surface area contributed by atoms with Crippen LogP contribution in [0.4, 0.5) is 4.79 Å². The summed E-state index contributed by atoms with van der Waals surface area (Å²) in [5.74, 6) is 0.0364. The van der Waals surface area contributed by atoms with E-state index in [-0.39, 0.29) is 5.91 Å². The van der Waals surface area contributed by atoms with Gasteiger partial charge in [0.1, 0.15) is 0 Å². The highest BCUT2D eigenvalue weighted by atomic mass is 16.5. The minimum Gasteiger partial charge on any atom is -0.453 e. The number of hydrogen-bond donors (Lipinski definition) is 2. The number of methoxy groups -OCH3 is 1. The van der Waals surface area contributed by atoms with E-state index < -0.39 is 6.09 Å². The summed E-state index contributed by atoms with van der Waals surface area (Å²) in [6.45, 7) is 3.08. The molecule has 0 saturated carbocycles. The molecular weight excluding hydrogens is 186 g/mol. The first-order valence-electron chi connectivity index (χ1n) is 4.53. The Kier molecular flexibility index (Phi) is 4.18. The molecule has 0 spiro atoms. The van der Waals surface area contributed by atoms with Crippen LogP contribution in [0.2, 0.25) is 0 Å². The lowest BCUT2D eigenvalue weighted by molar-refractivity contribution is -0.124. The van der Waals surface area contributed by atoms with Crippen LogP contribution in [-0.2, 0) is 9.53 Å². The Morgan fingerprint density at radius 2 is 2.50 bits per heavy atom. The summed E-state index contributed by atoms with van der Waals surface area (Å²) in [7, 11) is 1.32. The van der Waals surface area contributed by atoms with Gasteiger partial charge in [0.25, 0.3) is 0 Å². The zero-order valence-electron chi connectivity index (χ0n) is 8.21. The highest BCUT2D eigenvalue weighted by molar-refractivity contribution is 5.78. The molecule has 1 rings (SSSR count). The number of piperazine rings is 1. The molecule has 0 aromatic carbocycles. The Balaban J connectivity index is 2.11. The Hall–Kier alpha value is -1.30. The Morgan fingerprint density at radius 3 is 3.14 bits per heavy atom. The SMILES string of the molecule is COC(=O)NCCN1CCNC(=O)C1. The average molecular weight is 201 g/mol. The van der Waals surface area contributed by atoms with Crippen molar-refractivity contribution in [3.8, 4) is 0 Å². The van der Waals surface area contributed by atoms with Crippen LogP contribution in [0.1, 0.15) is 0 Å². The van der Waals surface area contributed by atoms with Crippen molar-refractivity contribution >= 4 is 12.0 Å². The first-order chi connectivity index (χ1) is 6.72. The molecule has 0 radical (unpaired) electrons. The fraction of sp³-hybridized carbons (Fsp3) is 0.750. The predicted molar refractivity (Wildman–Crippen MR) is 49.9 cm³/mol. The van der Waals surface area contributed by atoms with E-state index >= 15 is 0 Å². The summed E-state index contributed by atoms with van der Waals surface area (Å²) in [6.07, 6.45) is -0.438. The van der Waals surface area contributed by atoms with E-state index in [1.54, 1.807) is 0 Å². The van der Waals surface area contributed by atoms with Gasteiger partial charge in [0.05, 0.1) is 13.7 Å². The largest absolute Gasteiger partial charge is 0.453 e. The molecule has 0 aromatic rings. The number of amides is 2. The van der Waals surface area contributed by atoms with E-state index in [1.165, 1.54) is 7.11 Å². The van der Waals surface area contributed by atoms with E-state index in [0.717, 1.165) is 6.54 Å². The molecular formula is C8H15N3O3. The number of rotatable bonds is 3. The standard InChI is InChI=1S/C8H15N3O3/c1-14-8(13)10-3-5-11-4-2-9-7(12)6-11/h2-6H2,1H3,(H,9,12)(H,10,13). The quantitative estimate of drug-likeness (QED) is 0.600. The summed E-state index contributed by atoms with van der Waals surface area (Å²) >= 11 is 0. The zero-order valence-corrected chi connectivity index (χ0v) is 8.21. The van der Waals surface area contributed by atoms with Crippen LogP contribution in [0.15, 0.2) is 0 Å². The van der Waals surface area contributed by atoms with Gasteiger partial charge in [-0.15, -0.1) is 0 Å². The van der Waals surface area contributed by atoms with Crippen LogP contribution in [0.5, 0.6) is 0 Å². The smallest absolute Gasteiger partial charge is 0.406 e. The van der Waals surface area contributed by atoms with Gasteiger partial charge in [-0.05, 0) is 0 Å². The Labute approximate surface area is 82.6 Å². The van der Waals surface area contributed by atoms with Crippen LogP contribution in [-0.4, -0.2) is 56.7 Å². The molecule has 0 atom stereocenters. The monoisotopic (exact) mass is 201 g/mol. The van der Waals surface area contributed by atoms with Gasteiger partial charge in [0, 0.05) is 26.2 Å². The molecule has 6 heteroatoms. The molecule has 1 aliphatic heterocycles. The molecule has 1 heterocycles. The minimum absolute atomic E-state index is 0.0364. The molecule has 1 aliphatic rings. The molecule has 2 N–H and O–H groups in total. The van der Waals surface area contributed by atoms with E-state index in [1.807, 2.05) is 4.90 Å². The molecule has 0 bridgehead atoms. The molecule has 6 nitrogen and oxygen atoms in total. The highest BCUT2D eigenvalue weighted by Gasteiger charge is 2.15. The molecule has 14 heavy (non-hydrogen) atoms. The number of ether oxygens (including phenoxy) is 1. The number of carbonyl (C=O) groups excluding carboxylic acids is 2. The fourth-order valence-corrected chi connectivity index (χ4v) is 1.27. The zero-order chi connectivity index (χ0) is 10.4. The lowest BCUT2D eigenvalue weighted by Gasteiger charge is -2.26. The van der Waals surface area contributed by atoms with Crippen LogP contribution in [0, 0.1) is 0 Å². The van der Waals surface area contributed by atoms with Crippen molar-refractivity contribution in [2.75, 3.05) is 39.8 Å². The maximum Gasteiger partial charge on any atom is 0.406 e. The topological polar surface area (TPSA) is 70.7 Å². The van der Waals surface area contributed by atoms with Crippen molar-refractivity contribution in [3.05, 3.63) is 0 Å². The minimum atomic E-state index is -0.438. The third-order valence-electron chi connectivity index (χ3n) is 2.00.